The third-order valence-corrected chi connectivity index (χ3v) is 0.938. The van der Waals surface area contributed by atoms with Gasteiger partial charge in [0.1, 0.15) is 0 Å². The molecule has 1 aromatic rings. The molecule has 0 N–H and O–H groups in total. The average Bonchev–Trinajstić information content (AvgIpc) is 1.86. The second-order valence-electron chi connectivity index (χ2n) is 0.917. The molecule has 0 spiro atoms. The molecular formula is C4H5BrMgO. The van der Waals surface area contributed by atoms with Crippen LogP contribution in [0.15, 0.2) is 27.5 Å². The number of hydrogen-bond acceptors (Lipinski definition) is 1. The molecule has 0 aromatic carbocycles. The monoisotopic (exact) mass is 172 g/mol. The highest BCUT2D eigenvalue weighted by molar-refractivity contribution is 9.10. The van der Waals surface area contributed by atoms with Crippen LogP contribution in [0.3, 0.4) is 0 Å². The molecule has 36 valence electrons. The molecule has 0 saturated carbocycles. The maximum atomic E-state index is 4.75. The molecule has 0 amide bonds. The first kappa shape index (κ1) is 7.53. The van der Waals surface area contributed by atoms with Gasteiger partial charge >= 0.3 is 23.1 Å². The summed E-state index contributed by atoms with van der Waals surface area (Å²) in [5, 5.41) is 0. The molecule has 0 aliphatic rings. The summed E-state index contributed by atoms with van der Waals surface area (Å²) in [4.78, 5) is 0. The molecule has 0 saturated heterocycles. The molecule has 0 radical (unpaired) electrons. The van der Waals surface area contributed by atoms with Crippen molar-refractivity contribution in [2.45, 2.75) is 0 Å². The zero-order valence-electron chi connectivity index (χ0n) is 3.02. The highest BCUT2D eigenvalue weighted by Gasteiger charge is 1.78. The van der Waals surface area contributed by atoms with Gasteiger partial charge in [-0.1, -0.05) is 0 Å². The van der Waals surface area contributed by atoms with Crippen LogP contribution < -0.4 is 0 Å². The van der Waals surface area contributed by atoms with E-state index in [0.717, 1.165) is 4.67 Å². The minimum Gasteiger partial charge on any atom is -0.458 e. The third kappa shape index (κ3) is 2.36. The summed E-state index contributed by atoms with van der Waals surface area (Å²) in [6.45, 7) is 0. The van der Waals surface area contributed by atoms with Crippen molar-refractivity contribution in [3.63, 3.8) is 0 Å². The molecule has 0 aliphatic heterocycles. The largest absolute Gasteiger partial charge is 0.458 e. The predicted molar refractivity (Wildman–Crippen MR) is 35.0 cm³/mol. The number of rotatable bonds is 0. The van der Waals surface area contributed by atoms with Crippen LogP contribution in [0.25, 0.3) is 0 Å². The Kier molecular flexibility index (Phi) is 3.78. The van der Waals surface area contributed by atoms with E-state index in [9.17, 15) is 0 Å². The number of halogens is 1. The summed E-state index contributed by atoms with van der Waals surface area (Å²) in [5.74, 6) is 0. The van der Waals surface area contributed by atoms with Crippen LogP contribution in [0.4, 0.5) is 0 Å². The SMILES string of the molecule is Brc1ccco1.[MgH2]. The van der Waals surface area contributed by atoms with Gasteiger partial charge in [-0.3, -0.25) is 0 Å². The van der Waals surface area contributed by atoms with Gasteiger partial charge in [0.25, 0.3) is 0 Å². The van der Waals surface area contributed by atoms with Crippen LogP contribution in [-0.2, 0) is 0 Å². The van der Waals surface area contributed by atoms with Crippen molar-refractivity contribution < 1.29 is 4.42 Å². The highest BCUT2D eigenvalue weighted by Crippen LogP contribution is 2.06. The summed E-state index contributed by atoms with van der Waals surface area (Å²) < 4.78 is 5.53. The molecule has 1 nitrogen and oxygen atoms in total. The second-order valence-corrected chi connectivity index (χ2v) is 1.70. The minimum absolute atomic E-state index is 0. The van der Waals surface area contributed by atoms with Gasteiger partial charge in [-0.2, -0.15) is 0 Å². The van der Waals surface area contributed by atoms with Gasteiger partial charge in [-0.15, -0.1) is 0 Å². The van der Waals surface area contributed by atoms with E-state index in [1.54, 1.807) is 6.26 Å². The molecule has 1 rings (SSSR count). The van der Waals surface area contributed by atoms with Crippen LogP contribution in [0, 0.1) is 0 Å². The number of hydrogen-bond donors (Lipinski definition) is 0. The maximum Gasteiger partial charge on any atom is 0.316 e. The van der Waals surface area contributed by atoms with Crippen molar-refractivity contribution in [2.75, 3.05) is 0 Å². The molecular weight excluding hydrogens is 168 g/mol. The van der Waals surface area contributed by atoms with E-state index in [0.29, 0.717) is 0 Å². The summed E-state index contributed by atoms with van der Waals surface area (Å²) in [6, 6.07) is 3.66. The molecule has 0 bridgehead atoms. The van der Waals surface area contributed by atoms with E-state index in [1.165, 1.54) is 0 Å². The van der Waals surface area contributed by atoms with Gasteiger partial charge in [0.05, 0.1) is 6.26 Å². The van der Waals surface area contributed by atoms with Crippen molar-refractivity contribution in [3.8, 4) is 0 Å². The molecule has 3 heteroatoms. The van der Waals surface area contributed by atoms with Gasteiger partial charge in [-0.25, -0.2) is 0 Å². The fourth-order valence-electron chi connectivity index (χ4n) is 0.259. The fourth-order valence-corrected chi connectivity index (χ4v) is 0.519. The molecule has 0 aliphatic carbocycles. The first-order chi connectivity index (χ1) is 2.89. The van der Waals surface area contributed by atoms with Crippen LogP contribution in [0.1, 0.15) is 0 Å². The van der Waals surface area contributed by atoms with E-state index in [1.807, 2.05) is 12.1 Å². The molecule has 0 fully saturated rings. The van der Waals surface area contributed by atoms with Crippen molar-refractivity contribution in [3.05, 3.63) is 23.1 Å². The fraction of sp³-hybridized carbons (Fsp3) is 0. The van der Waals surface area contributed by atoms with Gasteiger partial charge in [0.15, 0.2) is 4.67 Å². The van der Waals surface area contributed by atoms with Gasteiger partial charge in [-0.05, 0) is 28.1 Å². The van der Waals surface area contributed by atoms with Crippen LogP contribution in [-0.4, -0.2) is 23.1 Å². The predicted octanol–water partition coefficient (Wildman–Crippen LogP) is 1.13. The van der Waals surface area contributed by atoms with E-state index >= 15 is 0 Å². The van der Waals surface area contributed by atoms with Crippen molar-refractivity contribution in [1.29, 1.82) is 0 Å². The van der Waals surface area contributed by atoms with Crippen LogP contribution in [0.5, 0.6) is 0 Å². The van der Waals surface area contributed by atoms with Gasteiger partial charge in [0, 0.05) is 0 Å². The zero-order valence-corrected chi connectivity index (χ0v) is 4.60. The maximum absolute atomic E-state index is 4.75. The normalized spacial score (nSPS) is 7.57. The molecule has 0 unspecified atom stereocenters. The van der Waals surface area contributed by atoms with Crippen LogP contribution >= 0.6 is 15.9 Å². The summed E-state index contributed by atoms with van der Waals surface area (Å²) in [6.07, 6.45) is 1.62. The quantitative estimate of drug-likeness (QED) is 0.536. The Morgan fingerprint density at radius 1 is 1.57 bits per heavy atom. The Bertz CT molecular complexity index is 115. The molecule has 0 atom stereocenters. The lowest BCUT2D eigenvalue weighted by Crippen LogP contribution is -1.35. The van der Waals surface area contributed by atoms with Crippen LogP contribution in [0.2, 0.25) is 0 Å². The van der Waals surface area contributed by atoms with Gasteiger partial charge < -0.3 is 4.42 Å². The number of furan rings is 1. The lowest BCUT2D eigenvalue weighted by atomic mass is 10.7. The Balaban J connectivity index is 0.000000360. The Labute approximate surface area is 66.4 Å². The molecule has 1 heterocycles. The Hall–Kier alpha value is 0.526. The smallest absolute Gasteiger partial charge is 0.316 e. The standard InChI is InChI=1S/C4H3BrO.Mg.2H/c5-4-2-1-3-6-4;;;/h1-3H;;;. The first-order valence-corrected chi connectivity index (χ1v) is 2.38. The summed E-state index contributed by atoms with van der Waals surface area (Å²) >= 11 is 3.11. The third-order valence-electron chi connectivity index (χ3n) is 0.486. The Morgan fingerprint density at radius 2 is 2.29 bits per heavy atom. The van der Waals surface area contributed by atoms with Gasteiger partial charge in [0.2, 0.25) is 0 Å². The van der Waals surface area contributed by atoms with Crippen molar-refractivity contribution in [2.24, 2.45) is 0 Å². The lowest BCUT2D eigenvalue weighted by molar-refractivity contribution is 0.541. The zero-order chi connectivity index (χ0) is 4.41. The molecule has 1 aromatic heterocycles. The minimum atomic E-state index is 0. The first-order valence-electron chi connectivity index (χ1n) is 1.58. The average molecular weight is 173 g/mol. The Morgan fingerprint density at radius 3 is 2.43 bits per heavy atom. The molecule has 7 heavy (non-hydrogen) atoms. The van der Waals surface area contributed by atoms with E-state index in [4.69, 9.17) is 4.42 Å². The summed E-state index contributed by atoms with van der Waals surface area (Å²) in [7, 11) is 0. The van der Waals surface area contributed by atoms with Crippen molar-refractivity contribution in [1.82, 2.24) is 0 Å². The van der Waals surface area contributed by atoms with E-state index < -0.39 is 0 Å². The summed E-state index contributed by atoms with van der Waals surface area (Å²) in [5.41, 5.74) is 0. The van der Waals surface area contributed by atoms with Crippen molar-refractivity contribution >= 4 is 39.0 Å². The second kappa shape index (κ2) is 3.52. The van der Waals surface area contributed by atoms with E-state index in [-0.39, 0.29) is 23.1 Å². The lowest BCUT2D eigenvalue weighted by Gasteiger charge is -1.66. The highest BCUT2D eigenvalue weighted by atomic mass is 79.9. The topological polar surface area (TPSA) is 13.1 Å². The van der Waals surface area contributed by atoms with E-state index in [2.05, 4.69) is 15.9 Å².